The molecular weight excluding hydrogens is 204 g/mol. The molecule has 1 fully saturated rings. The van der Waals surface area contributed by atoms with Gasteiger partial charge in [-0.3, -0.25) is 4.21 Å². The standard InChI is InChI=1S/C9H16O2S2/c1-4-5-8-6(2)7(3)9(12-10)13(8)11/h4,6-10H,1,5H2,2-3H3/t6-,7+,8-,9+,13+/m1/s1. The minimum absolute atomic E-state index is 0.111. The lowest BCUT2D eigenvalue weighted by molar-refractivity contribution is 0.423. The van der Waals surface area contributed by atoms with Crippen LogP contribution in [0.25, 0.3) is 0 Å². The average Bonchev–Trinajstić information content (AvgIpc) is 2.31. The molecule has 0 unspecified atom stereocenters. The number of allylic oxidation sites excluding steroid dienone is 1. The first-order chi connectivity index (χ1) is 6.13. The van der Waals surface area contributed by atoms with Gasteiger partial charge in [-0.05, 0) is 18.3 Å². The highest BCUT2D eigenvalue weighted by atomic mass is 32.2. The van der Waals surface area contributed by atoms with Crippen molar-refractivity contribution in [3.63, 3.8) is 0 Å². The van der Waals surface area contributed by atoms with E-state index < -0.39 is 10.8 Å². The van der Waals surface area contributed by atoms with Gasteiger partial charge in [-0.2, -0.15) is 0 Å². The summed E-state index contributed by atoms with van der Waals surface area (Å²) in [4.78, 5) is 0. The molecule has 0 aliphatic carbocycles. The molecule has 1 heterocycles. The fraction of sp³-hybridized carbons (Fsp3) is 0.778. The minimum Gasteiger partial charge on any atom is -0.329 e. The maximum atomic E-state index is 11.8. The van der Waals surface area contributed by atoms with Crippen LogP contribution in [0, 0.1) is 11.8 Å². The normalized spacial score (nSPS) is 45.0. The highest BCUT2D eigenvalue weighted by molar-refractivity contribution is 8.08. The molecule has 0 aromatic rings. The molecular formula is C9H16O2S2. The Balaban J connectivity index is 2.77. The summed E-state index contributed by atoms with van der Waals surface area (Å²) in [6, 6.07) is 0. The van der Waals surface area contributed by atoms with Crippen molar-refractivity contribution in [1.29, 1.82) is 0 Å². The van der Waals surface area contributed by atoms with Crippen molar-refractivity contribution in [3.8, 4) is 0 Å². The van der Waals surface area contributed by atoms with Crippen LogP contribution in [-0.4, -0.2) is 18.6 Å². The van der Waals surface area contributed by atoms with Crippen LogP contribution in [0.4, 0.5) is 0 Å². The van der Waals surface area contributed by atoms with Gasteiger partial charge in [-0.1, -0.05) is 19.9 Å². The van der Waals surface area contributed by atoms with Gasteiger partial charge in [-0.15, -0.1) is 6.58 Å². The van der Waals surface area contributed by atoms with Crippen molar-refractivity contribution in [2.45, 2.75) is 30.1 Å². The Kier molecular flexibility index (Phi) is 4.01. The minimum atomic E-state index is -0.917. The van der Waals surface area contributed by atoms with E-state index in [1.165, 1.54) is 0 Å². The Labute approximate surface area is 86.5 Å². The summed E-state index contributed by atoms with van der Waals surface area (Å²) in [6.45, 7) is 7.82. The van der Waals surface area contributed by atoms with Crippen LogP contribution in [0.2, 0.25) is 0 Å². The predicted molar refractivity (Wildman–Crippen MR) is 59.1 cm³/mol. The Bertz CT molecular complexity index is 218. The fourth-order valence-electron chi connectivity index (χ4n) is 1.79. The van der Waals surface area contributed by atoms with Crippen LogP contribution in [0.15, 0.2) is 12.7 Å². The van der Waals surface area contributed by atoms with Gasteiger partial charge in [0.1, 0.15) is 4.58 Å². The van der Waals surface area contributed by atoms with Crippen molar-refractivity contribution in [1.82, 2.24) is 0 Å². The third-order valence-electron chi connectivity index (χ3n) is 2.88. The zero-order valence-electron chi connectivity index (χ0n) is 7.97. The van der Waals surface area contributed by atoms with E-state index in [2.05, 4.69) is 20.4 Å². The predicted octanol–water partition coefficient (Wildman–Crippen LogP) is 2.50. The Morgan fingerprint density at radius 3 is 2.54 bits per heavy atom. The van der Waals surface area contributed by atoms with Crippen molar-refractivity contribution in [2.24, 2.45) is 11.8 Å². The number of hydrogen-bond acceptors (Lipinski definition) is 3. The molecule has 1 aliphatic rings. The van der Waals surface area contributed by atoms with Gasteiger partial charge in [0, 0.05) is 28.1 Å². The van der Waals surface area contributed by atoms with Gasteiger partial charge in [0.2, 0.25) is 0 Å². The molecule has 0 aromatic heterocycles. The topological polar surface area (TPSA) is 37.3 Å². The van der Waals surface area contributed by atoms with E-state index in [1.807, 2.05) is 6.08 Å². The maximum absolute atomic E-state index is 11.8. The average molecular weight is 220 g/mol. The first-order valence-electron chi connectivity index (χ1n) is 4.44. The molecule has 76 valence electrons. The SMILES string of the molecule is C=CC[C@@H]1[C@H](C)[C@H](C)[C@@H](SO)[S@]1=O. The molecule has 1 saturated heterocycles. The lowest BCUT2D eigenvalue weighted by Crippen LogP contribution is -2.16. The van der Waals surface area contributed by atoms with Gasteiger partial charge in [0.05, 0.1) is 0 Å². The van der Waals surface area contributed by atoms with Crippen molar-refractivity contribution in [3.05, 3.63) is 12.7 Å². The van der Waals surface area contributed by atoms with Crippen LogP contribution in [0.5, 0.6) is 0 Å². The van der Waals surface area contributed by atoms with E-state index in [4.69, 9.17) is 4.55 Å². The fourth-order valence-corrected chi connectivity index (χ4v) is 5.01. The van der Waals surface area contributed by atoms with Crippen LogP contribution in [-0.2, 0) is 10.8 Å². The smallest absolute Gasteiger partial charge is 0.109 e. The lowest BCUT2D eigenvalue weighted by atomic mass is 9.93. The molecule has 2 nitrogen and oxygen atoms in total. The van der Waals surface area contributed by atoms with Crippen LogP contribution in [0.1, 0.15) is 20.3 Å². The Morgan fingerprint density at radius 2 is 2.15 bits per heavy atom. The molecule has 0 bridgehead atoms. The first kappa shape index (κ1) is 11.3. The molecule has 4 heteroatoms. The van der Waals surface area contributed by atoms with E-state index in [9.17, 15) is 4.21 Å². The van der Waals surface area contributed by atoms with Crippen LogP contribution in [0.3, 0.4) is 0 Å². The number of rotatable bonds is 3. The second-order valence-corrected chi connectivity index (χ2v) is 6.37. The Morgan fingerprint density at radius 1 is 1.54 bits per heavy atom. The third-order valence-corrected chi connectivity index (χ3v) is 6.45. The molecule has 1 N–H and O–H groups in total. The quantitative estimate of drug-likeness (QED) is 0.586. The summed E-state index contributed by atoms with van der Waals surface area (Å²) in [5, 5.41) is 0.178. The highest BCUT2D eigenvalue weighted by Gasteiger charge is 2.44. The zero-order chi connectivity index (χ0) is 10.0. The van der Waals surface area contributed by atoms with E-state index in [0.29, 0.717) is 11.8 Å². The van der Waals surface area contributed by atoms with Gasteiger partial charge in [0.25, 0.3) is 0 Å². The van der Waals surface area contributed by atoms with Crippen LogP contribution < -0.4 is 0 Å². The highest BCUT2D eigenvalue weighted by Crippen LogP contribution is 2.40. The molecule has 0 radical (unpaired) electrons. The molecule has 0 spiro atoms. The second kappa shape index (κ2) is 4.62. The zero-order valence-corrected chi connectivity index (χ0v) is 9.61. The van der Waals surface area contributed by atoms with Gasteiger partial charge in [-0.25, -0.2) is 0 Å². The van der Waals surface area contributed by atoms with Crippen molar-refractivity contribution < 1.29 is 8.76 Å². The van der Waals surface area contributed by atoms with Crippen molar-refractivity contribution >= 4 is 22.8 Å². The third kappa shape index (κ3) is 2.00. The summed E-state index contributed by atoms with van der Waals surface area (Å²) in [6.07, 6.45) is 2.60. The van der Waals surface area contributed by atoms with Gasteiger partial charge >= 0.3 is 0 Å². The maximum Gasteiger partial charge on any atom is 0.109 e. The van der Waals surface area contributed by atoms with E-state index in [-0.39, 0.29) is 9.83 Å². The van der Waals surface area contributed by atoms with Crippen molar-refractivity contribution in [2.75, 3.05) is 0 Å². The molecule has 13 heavy (non-hydrogen) atoms. The summed E-state index contributed by atoms with van der Waals surface area (Å²) in [7, 11) is -0.917. The summed E-state index contributed by atoms with van der Waals surface area (Å²) in [5.74, 6) is 0.726. The van der Waals surface area contributed by atoms with Gasteiger partial charge < -0.3 is 4.55 Å². The van der Waals surface area contributed by atoms with E-state index in [0.717, 1.165) is 18.5 Å². The summed E-state index contributed by atoms with van der Waals surface area (Å²) < 4.78 is 20.7. The lowest BCUT2D eigenvalue weighted by Gasteiger charge is -2.14. The Hall–Kier alpha value is 0.200. The van der Waals surface area contributed by atoms with E-state index in [1.54, 1.807) is 0 Å². The molecule has 0 amide bonds. The second-order valence-electron chi connectivity index (χ2n) is 3.58. The first-order valence-corrected chi connectivity index (χ1v) is 6.55. The van der Waals surface area contributed by atoms with Gasteiger partial charge in [0.15, 0.2) is 0 Å². The molecule has 0 saturated carbocycles. The van der Waals surface area contributed by atoms with E-state index >= 15 is 0 Å². The molecule has 1 rings (SSSR count). The molecule has 0 aromatic carbocycles. The summed E-state index contributed by atoms with van der Waals surface area (Å²) in [5.41, 5.74) is 0. The monoisotopic (exact) mass is 220 g/mol. The largest absolute Gasteiger partial charge is 0.329 e. The number of hydrogen-bond donors (Lipinski definition) is 1. The van der Waals surface area contributed by atoms with Crippen LogP contribution >= 0.6 is 12.0 Å². The molecule has 1 aliphatic heterocycles. The molecule has 5 atom stereocenters. The summed E-state index contributed by atoms with van der Waals surface area (Å²) >= 11 is 0.748.